The summed E-state index contributed by atoms with van der Waals surface area (Å²) in [6.07, 6.45) is 6.92. The smallest absolute Gasteiger partial charge is 0.273 e. The van der Waals surface area contributed by atoms with Crippen molar-refractivity contribution in [1.82, 2.24) is 4.57 Å². The Morgan fingerprint density at radius 3 is 2.52 bits per heavy atom. The Balaban J connectivity index is 1.65. The van der Waals surface area contributed by atoms with Gasteiger partial charge in [0.25, 0.3) is 11.5 Å². The Morgan fingerprint density at radius 2 is 1.88 bits per heavy atom. The number of aliphatic imine (C=N–C) groups is 1. The number of hydrogen-bond acceptors (Lipinski definition) is 4. The first-order valence-corrected chi connectivity index (χ1v) is 13.2. The van der Waals surface area contributed by atoms with Gasteiger partial charge >= 0.3 is 0 Å². The van der Waals surface area contributed by atoms with Gasteiger partial charge in [0.05, 0.1) is 11.4 Å². The number of carbonyl (C=O) groups excluding carboxylic acids is 1. The number of aryl methyl sites for hydroxylation is 1. The van der Waals surface area contributed by atoms with Crippen molar-refractivity contribution in [2.75, 3.05) is 5.32 Å². The highest BCUT2D eigenvalue weighted by atomic mass is 35.5. The summed E-state index contributed by atoms with van der Waals surface area (Å²) in [5.41, 5.74) is 0.401. The van der Waals surface area contributed by atoms with Gasteiger partial charge in [-0.15, -0.1) is 0 Å². The molecule has 208 valence electrons. The van der Waals surface area contributed by atoms with E-state index in [1.54, 1.807) is 38.1 Å². The standard InChI is InChI=1S/C31H30ClF2N3O3/c1-5-14-35-25(21-7-6-8-26(28(21)34)36-30(39)31(3,4)40)13-15-37-18(2)16-24(27(32)29(37)38)23-17-22(23)19-9-11-20(33)12-10-19/h5-16,22-23,40H,17H2,1-4H3,(H,36,39)/b14-5+,15-13+,35-25-. The maximum atomic E-state index is 15.4. The first kappa shape index (κ1) is 29.1. The second-order valence-electron chi connectivity index (χ2n) is 10.2. The Kier molecular flexibility index (Phi) is 8.51. The molecule has 4 rings (SSSR count). The van der Waals surface area contributed by atoms with E-state index in [1.807, 2.05) is 6.07 Å². The zero-order valence-electron chi connectivity index (χ0n) is 22.6. The third-order valence-electron chi connectivity index (χ3n) is 6.72. The predicted molar refractivity (Wildman–Crippen MR) is 155 cm³/mol. The average molecular weight is 566 g/mol. The summed E-state index contributed by atoms with van der Waals surface area (Å²) >= 11 is 6.54. The summed E-state index contributed by atoms with van der Waals surface area (Å²) in [5.74, 6) is -1.58. The van der Waals surface area contributed by atoms with Crippen LogP contribution in [0.1, 0.15) is 61.4 Å². The molecule has 2 unspecified atom stereocenters. The third kappa shape index (κ3) is 6.29. The van der Waals surface area contributed by atoms with Gasteiger partial charge in [0.1, 0.15) is 16.4 Å². The molecule has 0 spiro atoms. The number of amides is 1. The van der Waals surface area contributed by atoms with Crippen molar-refractivity contribution >= 4 is 35.1 Å². The van der Waals surface area contributed by atoms with Gasteiger partial charge < -0.3 is 10.4 Å². The van der Waals surface area contributed by atoms with Crippen molar-refractivity contribution in [1.29, 1.82) is 0 Å². The molecule has 0 bridgehead atoms. The van der Waals surface area contributed by atoms with E-state index in [0.717, 1.165) is 17.5 Å². The number of nitrogens with one attached hydrogen (secondary N) is 1. The Labute approximate surface area is 236 Å². The third-order valence-corrected chi connectivity index (χ3v) is 7.10. The number of aliphatic hydroxyl groups is 1. The Hall–Kier alpha value is -3.88. The Morgan fingerprint density at radius 1 is 1.18 bits per heavy atom. The lowest BCUT2D eigenvalue weighted by molar-refractivity contribution is -0.130. The van der Waals surface area contributed by atoms with Crippen molar-refractivity contribution in [2.45, 2.75) is 51.6 Å². The maximum Gasteiger partial charge on any atom is 0.273 e. The molecular weight excluding hydrogens is 536 g/mol. The first-order chi connectivity index (χ1) is 18.9. The lowest BCUT2D eigenvalue weighted by Gasteiger charge is -2.17. The van der Waals surface area contributed by atoms with Crippen LogP contribution in [0.25, 0.3) is 6.20 Å². The highest BCUT2D eigenvalue weighted by molar-refractivity contribution is 6.31. The first-order valence-electron chi connectivity index (χ1n) is 12.8. The maximum absolute atomic E-state index is 15.4. The van der Waals surface area contributed by atoms with E-state index < -0.39 is 22.9 Å². The summed E-state index contributed by atoms with van der Waals surface area (Å²) in [6.45, 7) is 6.13. The number of nitrogens with zero attached hydrogens (tertiary/aromatic N) is 2. The van der Waals surface area contributed by atoms with Crippen LogP contribution in [0.5, 0.6) is 0 Å². The molecule has 1 aromatic heterocycles. The fourth-order valence-electron chi connectivity index (χ4n) is 4.42. The number of carbonyl (C=O) groups is 1. The minimum absolute atomic E-state index is 0.0609. The molecule has 3 aromatic rings. The summed E-state index contributed by atoms with van der Waals surface area (Å²) < 4.78 is 30.1. The molecule has 1 fully saturated rings. The van der Waals surface area contributed by atoms with Crippen LogP contribution in [-0.2, 0) is 4.79 Å². The van der Waals surface area contributed by atoms with Crippen LogP contribution in [0.15, 0.2) is 76.7 Å². The minimum atomic E-state index is -1.70. The van der Waals surface area contributed by atoms with Crippen molar-refractivity contribution in [3.8, 4) is 0 Å². The molecule has 1 amide bonds. The molecule has 40 heavy (non-hydrogen) atoms. The number of aromatic nitrogens is 1. The van der Waals surface area contributed by atoms with Crippen LogP contribution < -0.4 is 10.9 Å². The summed E-state index contributed by atoms with van der Waals surface area (Å²) in [5, 5.41) is 12.4. The number of halogens is 3. The molecule has 9 heteroatoms. The molecule has 1 aliphatic rings. The average Bonchev–Trinajstić information content (AvgIpc) is 3.70. The van der Waals surface area contributed by atoms with Gasteiger partial charge in [0.15, 0.2) is 5.82 Å². The van der Waals surface area contributed by atoms with Gasteiger partial charge in [-0.2, -0.15) is 0 Å². The van der Waals surface area contributed by atoms with Gasteiger partial charge in [-0.05, 0) is 93.5 Å². The molecule has 2 aromatic carbocycles. The zero-order chi connectivity index (χ0) is 29.2. The number of anilines is 1. The van der Waals surface area contributed by atoms with Crippen molar-refractivity contribution in [3.05, 3.63) is 116 Å². The molecule has 1 aliphatic carbocycles. The molecule has 0 aliphatic heterocycles. The predicted octanol–water partition coefficient (Wildman–Crippen LogP) is 6.56. The quantitative estimate of drug-likeness (QED) is 0.303. The van der Waals surface area contributed by atoms with Gasteiger partial charge in [0, 0.05) is 23.7 Å². The number of rotatable bonds is 8. The molecular formula is C31H30ClF2N3O3. The van der Waals surface area contributed by atoms with E-state index in [0.29, 0.717) is 5.69 Å². The second kappa shape index (κ2) is 11.7. The van der Waals surface area contributed by atoms with Gasteiger partial charge in [0.2, 0.25) is 0 Å². The molecule has 2 atom stereocenters. The van der Waals surface area contributed by atoms with E-state index in [9.17, 15) is 19.1 Å². The van der Waals surface area contributed by atoms with Crippen LogP contribution >= 0.6 is 11.6 Å². The van der Waals surface area contributed by atoms with Crippen LogP contribution in [0, 0.1) is 18.6 Å². The fourth-order valence-corrected chi connectivity index (χ4v) is 4.71. The van der Waals surface area contributed by atoms with Gasteiger partial charge in [-0.1, -0.05) is 35.9 Å². The van der Waals surface area contributed by atoms with Crippen LogP contribution in [-0.4, -0.2) is 26.9 Å². The Bertz CT molecular complexity index is 1590. The lowest BCUT2D eigenvalue weighted by Crippen LogP contribution is -2.37. The zero-order valence-corrected chi connectivity index (χ0v) is 23.3. The summed E-state index contributed by atoms with van der Waals surface area (Å²) in [7, 11) is 0. The number of hydrogen-bond donors (Lipinski definition) is 2. The molecule has 6 nitrogen and oxygen atoms in total. The topological polar surface area (TPSA) is 83.7 Å². The minimum Gasteiger partial charge on any atom is -0.381 e. The van der Waals surface area contributed by atoms with Crippen LogP contribution in [0.3, 0.4) is 0 Å². The molecule has 1 saturated carbocycles. The highest BCUT2D eigenvalue weighted by Gasteiger charge is 2.41. The van der Waals surface area contributed by atoms with E-state index >= 15 is 4.39 Å². The highest BCUT2D eigenvalue weighted by Crippen LogP contribution is 2.55. The molecule has 1 heterocycles. The normalized spacial score (nSPS) is 17.6. The van der Waals surface area contributed by atoms with Gasteiger partial charge in [-0.3, -0.25) is 19.1 Å². The fraction of sp³-hybridized carbons (Fsp3) is 0.258. The lowest BCUT2D eigenvalue weighted by atomic mass is 10.0. The van der Waals surface area contributed by atoms with Crippen LogP contribution in [0.2, 0.25) is 5.02 Å². The monoisotopic (exact) mass is 565 g/mol. The summed E-state index contributed by atoms with van der Waals surface area (Å²) in [6, 6.07) is 12.6. The second-order valence-corrected chi connectivity index (χ2v) is 10.6. The van der Waals surface area contributed by atoms with Crippen molar-refractivity contribution < 1.29 is 18.7 Å². The largest absolute Gasteiger partial charge is 0.381 e. The van der Waals surface area contributed by atoms with E-state index in [2.05, 4.69) is 10.3 Å². The number of pyridine rings is 1. The molecule has 0 radical (unpaired) electrons. The van der Waals surface area contributed by atoms with Gasteiger partial charge in [-0.25, -0.2) is 8.78 Å². The van der Waals surface area contributed by atoms with Crippen LogP contribution in [0.4, 0.5) is 14.5 Å². The molecule has 0 saturated heterocycles. The van der Waals surface area contributed by atoms with Crippen molar-refractivity contribution in [3.63, 3.8) is 0 Å². The molecule has 2 N–H and O–H groups in total. The number of allylic oxidation sites excluding steroid dienone is 2. The van der Waals surface area contributed by atoms with E-state index in [4.69, 9.17) is 11.6 Å². The van der Waals surface area contributed by atoms with E-state index in [-0.39, 0.29) is 39.6 Å². The summed E-state index contributed by atoms with van der Waals surface area (Å²) in [4.78, 5) is 29.8. The van der Waals surface area contributed by atoms with E-state index in [1.165, 1.54) is 61.2 Å². The van der Waals surface area contributed by atoms with Crippen molar-refractivity contribution in [2.24, 2.45) is 4.99 Å². The number of benzene rings is 2. The SMILES string of the molecule is C/C=C/N=C(/C=C/n1c(C)cc(C2CC2c2ccc(F)cc2)c(Cl)c1=O)c1cccc(NC(=O)C(C)(C)O)c1F.